The van der Waals surface area contributed by atoms with E-state index in [1.165, 1.54) is 30.3 Å². The number of aromatic nitrogens is 3. The zero-order valence-electron chi connectivity index (χ0n) is 19.2. The van der Waals surface area contributed by atoms with Crippen molar-refractivity contribution < 1.29 is 27.1 Å². The molecule has 0 radical (unpaired) electrons. The highest BCUT2D eigenvalue weighted by molar-refractivity contribution is 6.33. The number of methoxy groups -OCH3 is 1. The molecular weight excluding hydrogens is 525 g/mol. The second-order valence-corrected chi connectivity index (χ2v) is 8.99. The molecule has 1 unspecified atom stereocenters. The highest BCUT2D eigenvalue weighted by atomic mass is 35.5. The van der Waals surface area contributed by atoms with E-state index in [1.807, 2.05) is 0 Å². The lowest BCUT2D eigenvalue weighted by atomic mass is 10.1. The molecule has 1 aliphatic heterocycles. The summed E-state index contributed by atoms with van der Waals surface area (Å²) in [5.74, 6) is -0.817. The Bertz CT molecular complexity index is 1270. The van der Waals surface area contributed by atoms with Gasteiger partial charge in [0.05, 0.1) is 23.5 Å². The Morgan fingerprint density at radius 2 is 1.97 bits per heavy atom. The molecule has 0 bridgehead atoms. The third-order valence-corrected chi connectivity index (χ3v) is 6.52. The number of carbonyl (C=O) groups is 1. The summed E-state index contributed by atoms with van der Waals surface area (Å²) in [6.07, 6.45) is -3.43. The molecule has 3 heterocycles. The first-order chi connectivity index (χ1) is 17.0. The topological polar surface area (TPSA) is 63.5 Å². The SMILES string of the molecule is COc1cc(N2CCN(C(=O)Cn3nc(-c4ccccn4)c(Cl)c3C(F)(F)F)C(C)C2)c(F)cc1Cl. The minimum absolute atomic E-state index is 0.129. The number of hydrogen-bond donors (Lipinski definition) is 0. The molecule has 1 atom stereocenters. The summed E-state index contributed by atoms with van der Waals surface area (Å²) in [5, 5.41) is 3.48. The Morgan fingerprint density at radius 1 is 1.22 bits per heavy atom. The Balaban J connectivity index is 1.55. The van der Waals surface area contributed by atoms with E-state index in [0.29, 0.717) is 10.4 Å². The summed E-state index contributed by atoms with van der Waals surface area (Å²) >= 11 is 12.0. The Kier molecular flexibility index (Phi) is 7.33. The molecule has 1 aliphatic rings. The molecule has 3 aromatic rings. The van der Waals surface area contributed by atoms with E-state index in [1.54, 1.807) is 24.0 Å². The fourth-order valence-corrected chi connectivity index (χ4v) is 4.74. The molecule has 2 aromatic heterocycles. The van der Waals surface area contributed by atoms with Crippen LogP contribution in [-0.4, -0.2) is 58.4 Å². The van der Waals surface area contributed by atoms with Crippen LogP contribution in [0.25, 0.3) is 11.4 Å². The first kappa shape index (κ1) is 26.0. The zero-order valence-corrected chi connectivity index (χ0v) is 20.7. The molecule has 1 amide bonds. The second-order valence-electron chi connectivity index (χ2n) is 8.20. The van der Waals surface area contributed by atoms with E-state index < -0.39 is 41.2 Å². The van der Waals surface area contributed by atoms with Crippen LogP contribution in [-0.2, 0) is 17.5 Å². The molecule has 1 fully saturated rings. The van der Waals surface area contributed by atoms with Gasteiger partial charge in [-0.05, 0) is 25.1 Å². The number of halogens is 6. The average molecular weight is 546 g/mol. The fourth-order valence-electron chi connectivity index (χ4n) is 4.17. The van der Waals surface area contributed by atoms with Gasteiger partial charge in [-0.15, -0.1) is 0 Å². The molecule has 7 nitrogen and oxygen atoms in total. The van der Waals surface area contributed by atoms with Gasteiger partial charge in [-0.2, -0.15) is 18.3 Å². The van der Waals surface area contributed by atoms with Crippen LogP contribution in [0, 0.1) is 5.82 Å². The minimum Gasteiger partial charge on any atom is -0.495 e. The Labute approximate surface area is 214 Å². The number of rotatable bonds is 5. The van der Waals surface area contributed by atoms with E-state index in [2.05, 4.69) is 10.1 Å². The van der Waals surface area contributed by atoms with Gasteiger partial charge in [0.1, 0.15) is 28.8 Å². The van der Waals surface area contributed by atoms with Crippen molar-refractivity contribution in [1.82, 2.24) is 19.7 Å². The van der Waals surface area contributed by atoms with Crippen LogP contribution in [0.2, 0.25) is 10.0 Å². The fraction of sp³-hybridized carbons (Fsp3) is 0.348. The quantitative estimate of drug-likeness (QED) is 0.414. The van der Waals surface area contributed by atoms with Gasteiger partial charge < -0.3 is 14.5 Å². The molecule has 0 aliphatic carbocycles. The molecule has 4 rings (SSSR count). The molecule has 0 N–H and O–H groups in total. The van der Waals surface area contributed by atoms with Gasteiger partial charge in [0, 0.05) is 37.9 Å². The summed E-state index contributed by atoms with van der Waals surface area (Å²) in [4.78, 5) is 20.3. The van der Waals surface area contributed by atoms with Crippen molar-refractivity contribution >= 4 is 34.8 Å². The van der Waals surface area contributed by atoms with Gasteiger partial charge >= 0.3 is 6.18 Å². The molecule has 0 spiro atoms. The molecule has 0 saturated carbocycles. The maximum Gasteiger partial charge on any atom is 0.434 e. The first-order valence-corrected chi connectivity index (χ1v) is 11.6. The normalized spacial score (nSPS) is 16.4. The lowest BCUT2D eigenvalue weighted by Gasteiger charge is -2.41. The van der Waals surface area contributed by atoms with Gasteiger partial charge in [0.25, 0.3) is 0 Å². The van der Waals surface area contributed by atoms with Gasteiger partial charge in [0.2, 0.25) is 5.91 Å². The van der Waals surface area contributed by atoms with Crippen LogP contribution in [0.15, 0.2) is 36.5 Å². The van der Waals surface area contributed by atoms with Crippen LogP contribution >= 0.6 is 23.2 Å². The molecule has 1 aromatic carbocycles. The number of amides is 1. The third kappa shape index (κ3) is 5.08. The summed E-state index contributed by atoms with van der Waals surface area (Å²) in [7, 11) is 1.41. The molecular formula is C23H21Cl2F4N5O2. The monoisotopic (exact) mass is 545 g/mol. The maximum absolute atomic E-state index is 14.6. The van der Waals surface area contributed by atoms with Crippen molar-refractivity contribution in [2.24, 2.45) is 0 Å². The van der Waals surface area contributed by atoms with Crippen LogP contribution in [0.3, 0.4) is 0 Å². The van der Waals surface area contributed by atoms with Crippen molar-refractivity contribution in [2.75, 3.05) is 31.6 Å². The van der Waals surface area contributed by atoms with E-state index >= 15 is 0 Å². The number of anilines is 1. The number of pyridine rings is 1. The predicted molar refractivity (Wildman–Crippen MR) is 127 cm³/mol. The molecule has 36 heavy (non-hydrogen) atoms. The molecule has 1 saturated heterocycles. The van der Waals surface area contributed by atoms with E-state index in [4.69, 9.17) is 27.9 Å². The van der Waals surface area contributed by atoms with Crippen molar-refractivity contribution in [2.45, 2.75) is 25.7 Å². The van der Waals surface area contributed by atoms with Crippen molar-refractivity contribution in [3.05, 3.63) is 58.1 Å². The van der Waals surface area contributed by atoms with Crippen molar-refractivity contribution in [3.63, 3.8) is 0 Å². The number of hydrogen-bond acceptors (Lipinski definition) is 5. The summed E-state index contributed by atoms with van der Waals surface area (Å²) in [6.45, 7) is 1.72. The number of ether oxygens (including phenoxy) is 1. The Morgan fingerprint density at radius 3 is 2.58 bits per heavy atom. The number of piperazine rings is 1. The van der Waals surface area contributed by atoms with Crippen LogP contribution in [0.5, 0.6) is 5.75 Å². The smallest absolute Gasteiger partial charge is 0.434 e. The van der Waals surface area contributed by atoms with Gasteiger partial charge in [-0.3, -0.25) is 9.78 Å². The first-order valence-electron chi connectivity index (χ1n) is 10.8. The van der Waals surface area contributed by atoms with Crippen LogP contribution in [0.1, 0.15) is 12.6 Å². The van der Waals surface area contributed by atoms with Crippen LogP contribution < -0.4 is 9.64 Å². The highest BCUT2D eigenvalue weighted by Gasteiger charge is 2.41. The lowest BCUT2D eigenvalue weighted by molar-refractivity contribution is -0.146. The predicted octanol–water partition coefficient (Wildman–Crippen LogP) is 5.16. The van der Waals surface area contributed by atoms with Crippen molar-refractivity contribution in [1.29, 1.82) is 0 Å². The lowest BCUT2D eigenvalue weighted by Crippen LogP contribution is -2.55. The van der Waals surface area contributed by atoms with Gasteiger partial charge in [0.15, 0.2) is 5.69 Å². The summed E-state index contributed by atoms with van der Waals surface area (Å²) in [6, 6.07) is 6.88. The largest absolute Gasteiger partial charge is 0.495 e. The van der Waals surface area contributed by atoms with Gasteiger partial charge in [-0.1, -0.05) is 29.3 Å². The van der Waals surface area contributed by atoms with E-state index in [0.717, 1.165) is 6.07 Å². The van der Waals surface area contributed by atoms with E-state index in [9.17, 15) is 22.4 Å². The molecule has 192 valence electrons. The third-order valence-electron chi connectivity index (χ3n) is 5.87. The van der Waals surface area contributed by atoms with Gasteiger partial charge in [-0.25, -0.2) is 9.07 Å². The number of carbonyl (C=O) groups excluding carboxylic acids is 1. The highest BCUT2D eigenvalue weighted by Crippen LogP contribution is 2.39. The zero-order chi connectivity index (χ0) is 26.2. The minimum atomic E-state index is -4.84. The van der Waals surface area contributed by atoms with Crippen LogP contribution in [0.4, 0.5) is 23.2 Å². The van der Waals surface area contributed by atoms with Crippen molar-refractivity contribution in [3.8, 4) is 17.1 Å². The summed E-state index contributed by atoms with van der Waals surface area (Å²) < 4.78 is 61.8. The summed E-state index contributed by atoms with van der Waals surface area (Å²) in [5.41, 5.74) is -0.975. The standard InChI is InChI=1S/C23H21Cl2F4N5O2/c1-13-11-32(17-10-18(36-2)14(24)9-15(17)26)7-8-33(13)19(35)12-34-22(23(27,28)29)20(25)21(31-34)16-5-3-4-6-30-16/h3-6,9-10,13H,7-8,11-12H2,1-2H3. The number of nitrogens with zero attached hydrogens (tertiary/aromatic N) is 5. The van der Waals surface area contributed by atoms with E-state index in [-0.39, 0.29) is 41.7 Å². The second kappa shape index (κ2) is 10.1. The molecule has 13 heteroatoms. The Hall–Kier alpha value is -3.05. The maximum atomic E-state index is 14.6. The average Bonchev–Trinajstić information content (AvgIpc) is 3.15. The number of alkyl halides is 3. The number of benzene rings is 1.